The number of aromatic nitrogens is 3. The second-order valence-corrected chi connectivity index (χ2v) is 17.8. The van der Waals surface area contributed by atoms with Gasteiger partial charge in [-0.25, -0.2) is 0 Å². The molecule has 3 heterocycles. The lowest BCUT2D eigenvalue weighted by atomic mass is 9.56. The Labute approximate surface area is 358 Å². The van der Waals surface area contributed by atoms with E-state index >= 15 is 0 Å². The minimum atomic E-state index is 0.778. The SMILES string of the molecule is c1ccc(-c2ccc(C[C@H]3C4CCC(CC4)C3CCc3ccc4c(c3)c3ccccc3n4-c3ccc(-c4ccc(-n5c6ccccc6c6ccccc65)cc4)cc3)cc2)nc1. The fraction of sp³-hybridized carbons (Fsp3) is 0.190. The fourth-order valence-electron chi connectivity index (χ4n) is 11.7. The van der Waals surface area contributed by atoms with Crippen LogP contribution in [0.2, 0.25) is 0 Å². The van der Waals surface area contributed by atoms with Crippen LogP contribution in [0.4, 0.5) is 0 Å². The molecular weight excluding hydrogens is 739 g/mol. The predicted molar refractivity (Wildman–Crippen MR) is 255 cm³/mol. The van der Waals surface area contributed by atoms with E-state index < -0.39 is 0 Å². The summed E-state index contributed by atoms with van der Waals surface area (Å²) in [5.41, 5.74) is 15.0. The van der Waals surface area contributed by atoms with Crippen LogP contribution < -0.4 is 0 Å². The summed E-state index contributed by atoms with van der Waals surface area (Å²) in [6.07, 6.45) is 11.2. The largest absolute Gasteiger partial charge is 0.309 e. The molecule has 3 saturated carbocycles. The van der Waals surface area contributed by atoms with Crippen LogP contribution in [0.3, 0.4) is 0 Å². The van der Waals surface area contributed by atoms with Gasteiger partial charge in [0.25, 0.3) is 0 Å². The van der Waals surface area contributed by atoms with Gasteiger partial charge in [0.05, 0.1) is 27.8 Å². The monoisotopic (exact) mass is 787 g/mol. The van der Waals surface area contributed by atoms with E-state index in [1.165, 1.54) is 121 Å². The Kier molecular flexibility index (Phi) is 8.94. The zero-order chi connectivity index (χ0) is 40.3. The van der Waals surface area contributed by atoms with Crippen molar-refractivity contribution in [1.82, 2.24) is 14.1 Å². The Morgan fingerprint density at radius 2 is 0.885 bits per heavy atom. The van der Waals surface area contributed by atoms with E-state index in [1.54, 1.807) is 0 Å². The summed E-state index contributed by atoms with van der Waals surface area (Å²) in [5, 5.41) is 5.25. The normalized spacial score (nSPS) is 18.8. The van der Waals surface area contributed by atoms with Gasteiger partial charge in [0.1, 0.15) is 0 Å². The van der Waals surface area contributed by atoms with E-state index in [1.807, 2.05) is 12.3 Å². The van der Waals surface area contributed by atoms with Gasteiger partial charge in [-0.15, -0.1) is 0 Å². The van der Waals surface area contributed by atoms with E-state index in [-0.39, 0.29) is 0 Å². The predicted octanol–water partition coefficient (Wildman–Crippen LogP) is 14.8. The summed E-state index contributed by atoms with van der Waals surface area (Å²) in [5.74, 6) is 3.31. The van der Waals surface area contributed by atoms with Crippen molar-refractivity contribution in [2.45, 2.75) is 44.9 Å². The molecule has 3 aromatic heterocycles. The number of hydrogen-bond donors (Lipinski definition) is 0. The molecule has 2 atom stereocenters. The van der Waals surface area contributed by atoms with Gasteiger partial charge in [-0.3, -0.25) is 4.98 Å². The third kappa shape index (κ3) is 6.38. The Morgan fingerprint density at radius 1 is 0.410 bits per heavy atom. The lowest BCUT2D eigenvalue weighted by Gasteiger charge is -2.49. The fourth-order valence-corrected chi connectivity index (χ4v) is 11.7. The highest BCUT2D eigenvalue weighted by molar-refractivity contribution is 6.10. The van der Waals surface area contributed by atoms with Crippen molar-refractivity contribution >= 4 is 43.6 Å². The molecule has 296 valence electrons. The summed E-state index contributed by atoms with van der Waals surface area (Å²) in [7, 11) is 0. The summed E-state index contributed by atoms with van der Waals surface area (Å²) < 4.78 is 4.84. The number of rotatable bonds is 9. The summed E-state index contributed by atoms with van der Waals surface area (Å²) in [4.78, 5) is 4.58. The molecule has 2 bridgehead atoms. The Bertz CT molecular complexity index is 3110. The third-order valence-corrected chi connectivity index (χ3v) is 14.6. The number of nitrogens with zero attached hydrogens (tertiary/aromatic N) is 3. The molecule has 0 amide bonds. The number of pyridine rings is 1. The maximum atomic E-state index is 4.58. The highest BCUT2D eigenvalue weighted by Crippen LogP contribution is 2.51. The molecule has 0 radical (unpaired) electrons. The molecular formula is C58H49N3. The molecule has 3 heteroatoms. The van der Waals surface area contributed by atoms with E-state index in [4.69, 9.17) is 0 Å². The van der Waals surface area contributed by atoms with Gasteiger partial charge in [-0.05, 0) is 158 Å². The molecule has 3 fully saturated rings. The maximum Gasteiger partial charge on any atom is 0.0701 e. The number of benzene rings is 7. The standard InChI is InChI=1S/C58H49N3/c1-4-13-55-49(9-1)50-10-2-5-14-56(50)60(55)46-30-26-41(27-31-46)42-28-32-47(33-29-42)61-57-15-6-3-11-51(57)53-38-40(19-35-58(53)61)18-34-48-43-22-24-44(25-23-43)52(48)37-39-16-20-45(21-17-39)54-12-7-8-36-59-54/h1-17,19-21,26-33,35-36,38,43-44,48,52H,18,22-25,34,37H2/t43?,44?,48?,52-/m0/s1. The summed E-state index contributed by atoms with van der Waals surface area (Å²) >= 11 is 0. The molecule has 10 aromatic rings. The van der Waals surface area contributed by atoms with Gasteiger partial charge in [0, 0.05) is 44.7 Å². The Balaban J connectivity index is 0.797. The van der Waals surface area contributed by atoms with Crippen molar-refractivity contribution in [3.8, 4) is 33.8 Å². The van der Waals surface area contributed by atoms with Gasteiger partial charge < -0.3 is 9.13 Å². The molecule has 3 nitrogen and oxygen atoms in total. The van der Waals surface area contributed by atoms with E-state index in [0.717, 1.165) is 35.8 Å². The molecule has 13 rings (SSSR count). The average Bonchev–Trinajstić information content (AvgIpc) is 3.85. The molecule has 7 aromatic carbocycles. The minimum Gasteiger partial charge on any atom is -0.309 e. The highest BCUT2D eigenvalue weighted by atomic mass is 15.0. The number of hydrogen-bond acceptors (Lipinski definition) is 1. The van der Waals surface area contributed by atoms with Gasteiger partial charge in [-0.1, -0.05) is 115 Å². The number of aryl methyl sites for hydroxylation is 1. The zero-order valence-corrected chi connectivity index (χ0v) is 34.5. The first-order chi connectivity index (χ1) is 30.2. The van der Waals surface area contributed by atoms with Crippen molar-refractivity contribution in [3.05, 3.63) is 199 Å². The summed E-state index contributed by atoms with van der Waals surface area (Å²) in [6.45, 7) is 0. The van der Waals surface area contributed by atoms with Crippen molar-refractivity contribution < 1.29 is 0 Å². The van der Waals surface area contributed by atoms with Gasteiger partial charge in [0.2, 0.25) is 0 Å². The highest BCUT2D eigenvalue weighted by Gasteiger charge is 2.42. The second-order valence-electron chi connectivity index (χ2n) is 17.8. The van der Waals surface area contributed by atoms with E-state index in [0.29, 0.717) is 0 Å². The second kappa shape index (κ2) is 15.1. The van der Waals surface area contributed by atoms with Crippen LogP contribution >= 0.6 is 0 Å². The van der Waals surface area contributed by atoms with Crippen molar-refractivity contribution in [2.75, 3.05) is 0 Å². The van der Waals surface area contributed by atoms with Crippen LogP contribution in [0, 0.1) is 23.7 Å². The molecule has 3 aliphatic carbocycles. The first-order valence-corrected chi connectivity index (χ1v) is 22.5. The smallest absolute Gasteiger partial charge is 0.0701 e. The molecule has 0 N–H and O–H groups in total. The zero-order valence-electron chi connectivity index (χ0n) is 34.5. The molecule has 61 heavy (non-hydrogen) atoms. The molecule has 3 aliphatic rings. The number of fused-ring (bicyclic) bond motifs is 9. The van der Waals surface area contributed by atoms with Crippen LogP contribution in [-0.4, -0.2) is 14.1 Å². The van der Waals surface area contributed by atoms with Crippen LogP contribution in [0.5, 0.6) is 0 Å². The molecule has 1 unspecified atom stereocenters. The van der Waals surface area contributed by atoms with Crippen LogP contribution in [-0.2, 0) is 12.8 Å². The lowest BCUT2D eigenvalue weighted by molar-refractivity contribution is 0.0187. The Morgan fingerprint density at radius 3 is 1.44 bits per heavy atom. The minimum absolute atomic E-state index is 0.778. The van der Waals surface area contributed by atoms with Crippen LogP contribution in [0.1, 0.15) is 43.2 Å². The van der Waals surface area contributed by atoms with Gasteiger partial charge in [-0.2, -0.15) is 0 Å². The average molecular weight is 788 g/mol. The van der Waals surface area contributed by atoms with E-state index in [2.05, 4.69) is 190 Å². The van der Waals surface area contributed by atoms with Gasteiger partial charge in [0.15, 0.2) is 0 Å². The van der Waals surface area contributed by atoms with Crippen molar-refractivity contribution in [2.24, 2.45) is 23.7 Å². The molecule has 0 spiro atoms. The third-order valence-electron chi connectivity index (χ3n) is 14.6. The van der Waals surface area contributed by atoms with Crippen LogP contribution in [0.25, 0.3) is 77.4 Å². The van der Waals surface area contributed by atoms with Gasteiger partial charge >= 0.3 is 0 Å². The van der Waals surface area contributed by atoms with E-state index in [9.17, 15) is 0 Å². The number of para-hydroxylation sites is 3. The topological polar surface area (TPSA) is 22.8 Å². The molecule has 0 saturated heterocycles. The quantitative estimate of drug-likeness (QED) is 0.143. The first kappa shape index (κ1) is 36.2. The van der Waals surface area contributed by atoms with Crippen molar-refractivity contribution in [3.63, 3.8) is 0 Å². The first-order valence-electron chi connectivity index (χ1n) is 22.5. The van der Waals surface area contributed by atoms with Crippen molar-refractivity contribution in [1.29, 1.82) is 0 Å². The van der Waals surface area contributed by atoms with Crippen LogP contribution in [0.15, 0.2) is 188 Å². The Hall–Kier alpha value is -6.71. The summed E-state index contributed by atoms with van der Waals surface area (Å²) in [6, 6.07) is 67.3. The maximum absolute atomic E-state index is 4.58. The lowest BCUT2D eigenvalue weighted by Crippen LogP contribution is -2.41. The molecule has 0 aliphatic heterocycles.